The number of amides is 1. The SMILES string of the molecule is CCCCCCOc1c(Br)cc(/C=C2/SC(=Nc3ccc(C)cc3)NC2=O)cc1OC. The summed E-state index contributed by atoms with van der Waals surface area (Å²) in [6.45, 7) is 4.86. The molecule has 0 saturated carbocycles. The fourth-order valence-corrected chi connectivity index (χ4v) is 4.45. The number of ether oxygens (including phenoxy) is 2. The highest BCUT2D eigenvalue weighted by Gasteiger charge is 2.24. The predicted molar refractivity (Wildman–Crippen MR) is 132 cm³/mol. The smallest absolute Gasteiger partial charge is 0.264 e. The minimum Gasteiger partial charge on any atom is -0.493 e. The van der Waals surface area contributed by atoms with E-state index < -0.39 is 0 Å². The number of carbonyl (C=O) groups excluding carboxylic acids is 1. The van der Waals surface area contributed by atoms with Gasteiger partial charge < -0.3 is 14.8 Å². The summed E-state index contributed by atoms with van der Waals surface area (Å²) in [5, 5.41) is 3.39. The number of hydrogen-bond acceptors (Lipinski definition) is 5. The summed E-state index contributed by atoms with van der Waals surface area (Å²) in [5.41, 5.74) is 2.82. The molecule has 5 nitrogen and oxygen atoms in total. The molecule has 0 atom stereocenters. The molecule has 1 aliphatic rings. The van der Waals surface area contributed by atoms with Gasteiger partial charge in [-0.3, -0.25) is 4.79 Å². The normalized spacial score (nSPS) is 16.1. The fourth-order valence-electron chi connectivity index (χ4n) is 3.03. The Morgan fingerprint density at radius 1 is 1.16 bits per heavy atom. The Bertz CT molecular complexity index is 987. The van der Waals surface area contributed by atoms with Gasteiger partial charge in [0, 0.05) is 0 Å². The zero-order chi connectivity index (χ0) is 22.2. The summed E-state index contributed by atoms with van der Waals surface area (Å²) in [6, 6.07) is 11.7. The second-order valence-electron chi connectivity index (χ2n) is 7.26. The van der Waals surface area contributed by atoms with E-state index in [-0.39, 0.29) is 5.91 Å². The second-order valence-corrected chi connectivity index (χ2v) is 9.15. The molecule has 1 aliphatic heterocycles. The molecule has 2 aromatic rings. The molecular formula is C24H27BrN2O3S. The summed E-state index contributed by atoms with van der Waals surface area (Å²) in [6.07, 6.45) is 6.40. The summed E-state index contributed by atoms with van der Waals surface area (Å²) >= 11 is 4.90. The number of methoxy groups -OCH3 is 1. The summed E-state index contributed by atoms with van der Waals surface area (Å²) in [4.78, 5) is 17.5. The standard InChI is InChI=1S/C24H27BrN2O3S/c1-4-5-6-7-12-30-22-19(25)13-17(14-20(22)29-3)15-21-23(28)27-24(31-21)26-18-10-8-16(2)9-11-18/h8-11,13-15H,4-7,12H2,1-3H3,(H,26,27,28)/b21-15+. The van der Waals surface area contributed by atoms with Crippen LogP contribution in [0.4, 0.5) is 5.69 Å². The van der Waals surface area contributed by atoms with E-state index in [9.17, 15) is 4.79 Å². The molecule has 1 N–H and O–H groups in total. The number of nitrogens with zero attached hydrogens (tertiary/aromatic N) is 1. The number of thioether (sulfide) groups is 1. The molecule has 0 spiro atoms. The number of hydrogen-bond donors (Lipinski definition) is 1. The first-order chi connectivity index (χ1) is 15.0. The van der Waals surface area contributed by atoms with E-state index in [2.05, 4.69) is 33.2 Å². The summed E-state index contributed by atoms with van der Waals surface area (Å²) in [7, 11) is 1.62. The van der Waals surface area contributed by atoms with Gasteiger partial charge in [-0.15, -0.1) is 0 Å². The van der Waals surface area contributed by atoms with Crippen LogP contribution in [-0.2, 0) is 4.79 Å². The van der Waals surface area contributed by atoms with Crippen LogP contribution in [-0.4, -0.2) is 24.8 Å². The molecular weight excluding hydrogens is 476 g/mol. The highest BCUT2D eigenvalue weighted by molar-refractivity contribution is 9.10. The highest BCUT2D eigenvalue weighted by atomic mass is 79.9. The van der Waals surface area contributed by atoms with Crippen molar-refractivity contribution in [2.75, 3.05) is 13.7 Å². The Labute approximate surface area is 196 Å². The van der Waals surface area contributed by atoms with Crippen molar-refractivity contribution in [3.8, 4) is 11.5 Å². The number of rotatable bonds is 9. The second kappa shape index (κ2) is 11.4. The van der Waals surface area contributed by atoms with E-state index in [0.29, 0.717) is 28.2 Å². The van der Waals surface area contributed by atoms with Crippen LogP contribution in [0.2, 0.25) is 0 Å². The monoisotopic (exact) mass is 502 g/mol. The predicted octanol–water partition coefficient (Wildman–Crippen LogP) is 6.62. The van der Waals surface area contributed by atoms with E-state index in [1.54, 1.807) is 7.11 Å². The third-order valence-corrected chi connectivity index (χ3v) is 6.21. The highest BCUT2D eigenvalue weighted by Crippen LogP contribution is 2.38. The number of halogens is 1. The largest absolute Gasteiger partial charge is 0.493 e. The maximum absolute atomic E-state index is 12.4. The molecule has 2 aromatic carbocycles. The Balaban J connectivity index is 1.74. The Morgan fingerprint density at radius 2 is 1.94 bits per heavy atom. The van der Waals surface area contributed by atoms with Gasteiger partial charge in [0.1, 0.15) is 0 Å². The summed E-state index contributed by atoms with van der Waals surface area (Å²) in [5.74, 6) is 1.15. The number of carbonyl (C=O) groups is 1. The maximum atomic E-state index is 12.4. The van der Waals surface area contributed by atoms with Crippen LogP contribution < -0.4 is 14.8 Å². The van der Waals surface area contributed by atoms with Gasteiger partial charge in [0.25, 0.3) is 5.91 Å². The van der Waals surface area contributed by atoms with Gasteiger partial charge in [-0.05, 0) is 76.9 Å². The lowest BCUT2D eigenvalue weighted by Gasteiger charge is -2.13. The molecule has 0 radical (unpaired) electrons. The zero-order valence-electron chi connectivity index (χ0n) is 18.0. The topological polar surface area (TPSA) is 59.9 Å². The molecule has 0 aliphatic carbocycles. The quantitative estimate of drug-likeness (QED) is 0.309. The number of amidine groups is 1. The maximum Gasteiger partial charge on any atom is 0.264 e. The van der Waals surface area contributed by atoms with E-state index in [1.807, 2.05) is 49.4 Å². The van der Waals surface area contributed by atoms with Crippen LogP contribution in [0, 0.1) is 6.92 Å². The van der Waals surface area contributed by atoms with Gasteiger partial charge in [0.05, 0.1) is 28.8 Å². The van der Waals surface area contributed by atoms with Gasteiger partial charge in [0.2, 0.25) is 0 Å². The lowest BCUT2D eigenvalue weighted by Crippen LogP contribution is -2.19. The van der Waals surface area contributed by atoms with Crippen molar-refractivity contribution in [1.82, 2.24) is 5.32 Å². The van der Waals surface area contributed by atoms with Crippen LogP contribution in [0.1, 0.15) is 43.7 Å². The van der Waals surface area contributed by atoms with E-state index in [1.165, 1.54) is 30.2 Å². The van der Waals surface area contributed by atoms with E-state index in [4.69, 9.17) is 9.47 Å². The Kier molecular flexibility index (Phi) is 8.60. The first kappa shape index (κ1) is 23.4. The van der Waals surface area contributed by atoms with Crippen LogP contribution in [0.5, 0.6) is 11.5 Å². The van der Waals surface area contributed by atoms with Gasteiger partial charge in [-0.2, -0.15) is 0 Å². The van der Waals surface area contributed by atoms with Crippen LogP contribution >= 0.6 is 27.7 Å². The molecule has 0 bridgehead atoms. The molecule has 0 aromatic heterocycles. The Morgan fingerprint density at radius 3 is 2.65 bits per heavy atom. The molecule has 31 heavy (non-hydrogen) atoms. The molecule has 1 saturated heterocycles. The van der Waals surface area contributed by atoms with Gasteiger partial charge in [-0.25, -0.2) is 4.99 Å². The third kappa shape index (κ3) is 6.61. The van der Waals surface area contributed by atoms with Crippen LogP contribution in [0.3, 0.4) is 0 Å². The minimum absolute atomic E-state index is 0.165. The average Bonchev–Trinajstić information content (AvgIpc) is 3.09. The lowest BCUT2D eigenvalue weighted by atomic mass is 10.2. The number of aliphatic imine (C=N–C) groups is 1. The van der Waals surface area contributed by atoms with Crippen molar-refractivity contribution >= 4 is 50.5 Å². The van der Waals surface area contributed by atoms with E-state index >= 15 is 0 Å². The molecule has 0 unspecified atom stereocenters. The van der Waals surface area contributed by atoms with Crippen molar-refractivity contribution in [1.29, 1.82) is 0 Å². The van der Waals surface area contributed by atoms with Crippen molar-refractivity contribution < 1.29 is 14.3 Å². The van der Waals surface area contributed by atoms with Gasteiger partial charge in [0.15, 0.2) is 16.7 Å². The fraction of sp³-hybridized carbons (Fsp3) is 0.333. The average molecular weight is 503 g/mol. The first-order valence-corrected chi connectivity index (χ1v) is 12.0. The molecule has 164 valence electrons. The van der Waals surface area contributed by atoms with Crippen molar-refractivity contribution in [2.24, 2.45) is 4.99 Å². The van der Waals surface area contributed by atoms with Crippen molar-refractivity contribution in [2.45, 2.75) is 39.5 Å². The number of nitrogens with one attached hydrogen (secondary N) is 1. The van der Waals surface area contributed by atoms with Crippen molar-refractivity contribution in [3.05, 3.63) is 56.9 Å². The van der Waals surface area contributed by atoms with Gasteiger partial charge in [-0.1, -0.05) is 43.9 Å². The van der Waals surface area contributed by atoms with Gasteiger partial charge >= 0.3 is 0 Å². The zero-order valence-corrected chi connectivity index (χ0v) is 20.4. The molecule has 1 heterocycles. The first-order valence-electron chi connectivity index (χ1n) is 10.4. The molecule has 1 fully saturated rings. The lowest BCUT2D eigenvalue weighted by molar-refractivity contribution is -0.115. The van der Waals surface area contributed by atoms with E-state index in [0.717, 1.165) is 28.6 Å². The summed E-state index contributed by atoms with van der Waals surface area (Å²) < 4.78 is 12.3. The number of benzene rings is 2. The number of unbranched alkanes of at least 4 members (excludes halogenated alkanes) is 3. The Hall–Kier alpha value is -2.25. The van der Waals surface area contributed by atoms with Crippen LogP contribution in [0.15, 0.2) is 50.8 Å². The number of aryl methyl sites for hydroxylation is 1. The molecule has 3 rings (SSSR count). The van der Waals surface area contributed by atoms with Crippen molar-refractivity contribution in [3.63, 3.8) is 0 Å². The molecule has 7 heteroatoms. The van der Waals surface area contributed by atoms with Crippen LogP contribution in [0.25, 0.3) is 6.08 Å². The molecule has 1 amide bonds. The minimum atomic E-state index is -0.165. The third-order valence-electron chi connectivity index (χ3n) is 4.71.